The van der Waals surface area contributed by atoms with E-state index < -0.39 is 0 Å². The number of aromatic nitrogens is 1. The van der Waals surface area contributed by atoms with Crippen LogP contribution in [0.15, 0.2) is 47.6 Å². The molecule has 1 aromatic heterocycles. The first kappa shape index (κ1) is 17.2. The Morgan fingerprint density at radius 3 is 2.77 bits per heavy atom. The molecule has 136 valence electrons. The zero-order valence-electron chi connectivity index (χ0n) is 15.3. The fourth-order valence-electron chi connectivity index (χ4n) is 3.75. The summed E-state index contributed by atoms with van der Waals surface area (Å²) in [5.41, 5.74) is 2.12. The van der Waals surface area contributed by atoms with Crippen molar-refractivity contribution in [3.05, 3.63) is 53.9 Å². The highest BCUT2D eigenvalue weighted by Crippen LogP contribution is 2.50. The molecule has 0 spiro atoms. The standard InChI is InChI=1S/C20H23N3O2S/c1-4-13-12-26-20-22-18(16-7-5-6-10-21-16)19(23(13)20)15-9-8-14(24-2)11-17(15)25-3/h5-11,13,18-19H,4,12H2,1-3H3/t13-,18+,19+/m0/s1. The molecule has 1 saturated heterocycles. The summed E-state index contributed by atoms with van der Waals surface area (Å²) in [5, 5.41) is 1.12. The van der Waals surface area contributed by atoms with Crippen LogP contribution in [0.4, 0.5) is 0 Å². The van der Waals surface area contributed by atoms with Crippen molar-refractivity contribution in [2.24, 2.45) is 4.99 Å². The molecule has 1 fully saturated rings. The van der Waals surface area contributed by atoms with Crippen LogP contribution in [0.1, 0.15) is 36.7 Å². The van der Waals surface area contributed by atoms with Gasteiger partial charge in [-0.05, 0) is 30.7 Å². The van der Waals surface area contributed by atoms with Crippen molar-refractivity contribution in [2.45, 2.75) is 31.5 Å². The van der Waals surface area contributed by atoms with Crippen molar-refractivity contribution in [3.63, 3.8) is 0 Å². The third kappa shape index (κ3) is 2.82. The van der Waals surface area contributed by atoms with Crippen LogP contribution in [0, 0.1) is 0 Å². The summed E-state index contributed by atoms with van der Waals surface area (Å²) >= 11 is 1.85. The van der Waals surface area contributed by atoms with Crippen molar-refractivity contribution in [3.8, 4) is 11.5 Å². The number of hydrogen-bond donors (Lipinski definition) is 0. The molecule has 1 aromatic carbocycles. The monoisotopic (exact) mass is 369 g/mol. The number of hydrogen-bond acceptors (Lipinski definition) is 6. The first-order valence-electron chi connectivity index (χ1n) is 8.88. The van der Waals surface area contributed by atoms with E-state index in [0.717, 1.165) is 40.1 Å². The fourth-order valence-corrected chi connectivity index (χ4v) is 5.09. The van der Waals surface area contributed by atoms with Gasteiger partial charge in [0.1, 0.15) is 17.5 Å². The highest BCUT2D eigenvalue weighted by atomic mass is 32.2. The van der Waals surface area contributed by atoms with Gasteiger partial charge in [-0.1, -0.05) is 24.8 Å². The van der Waals surface area contributed by atoms with E-state index in [9.17, 15) is 0 Å². The SMILES string of the molecule is CC[C@H]1CSC2=N[C@H](c3ccccn3)[C@@H](c3ccc(OC)cc3OC)N21. The van der Waals surface area contributed by atoms with Gasteiger partial charge in [0.25, 0.3) is 0 Å². The topological polar surface area (TPSA) is 47.0 Å². The lowest BCUT2D eigenvalue weighted by molar-refractivity contribution is 0.248. The normalized spacial score (nSPS) is 24.3. The minimum atomic E-state index is -0.0321. The van der Waals surface area contributed by atoms with Crippen molar-refractivity contribution in [1.82, 2.24) is 9.88 Å². The molecule has 2 aromatic rings. The number of nitrogens with zero attached hydrogens (tertiary/aromatic N) is 3. The van der Waals surface area contributed by atoms with Gasteiger partial charge in [-0.15, -0.1) is 0 Å². The van der Waals surface area contributed by atoms with Crippen molar-refractivity contribution < 1.29 is 9.47 Å². The maximum Gasteiger partial charge on any atom is 0.160 e. The van der Waals surface area contributed by atoms with Crippen LogP contribution in [0.3, 0.4) is 0 Å². The zero-order chi connectivity index (χ0) is 18.1. The highest BCUT2D eigenvalue weighted by Gasteiger charge is 2.46. The molecule has 0 bridgehead atoms. The Morgan fingerprint density at radius 2 is 2.08 bits per heavy atom. The van der Waals surface area contributed by atoms with Gasteiger partial charge in [0.2, 0.25) is 0 Å². The molecule has 6 heteroatoms. The van der Waals surface area contributed by atoms with E-state index in [1.807, 2.05) is 42.2 Å². The largest absolute Gasteiger partial charge is 0.497 e. The average molecular weight is 369 g/mol. The average Bonchev–Trinajstić information content (AvgIpc) is 3.27. The molecule has 3 heterocycles. The summed E-state index contributed by atoms with van der Waals surface area (Å²) < 4.78 is 11.1. The number of ether oxygens (including phenoxy) is 2. The smallest absolute Gasteiger partial charge is 0.160 e. The van der Waals surface area contributed by atoms with Crippen LogP contribution in [0.25, 0.3) is 0 Å². The Kier molecular flexibility index (Phi) is 4.76. The molecule has 0 amide bonds. The Balaban J connectivity index is 1.82. The minimum absolute atomic E-state index is 0.0321. The van der Waals surface area contributed by atoms with Gasteiger partial charge >= 0.3 is 0 Å². The van der Waals surface area contributed by atoms with Crippen LogP contribution < -0.4 is 9.47 Å². The summed E-state index contributed by atoms with van der Waals surface area (Å²) in [7, 11) is 3.38. The van der Waals surface area contributed by atoms with Gasteiger partial charge < -0.3 is 14.4 Å². The van der Waals surface area contributed by atoms with Crippen LogP contribution in [0.5, 0.6) is 11.5 Å². The minimum Gasteiger partial charge on any atom is -0.497 e. The lowest BCUT2D eigenvalue weighted by Gasteiger charge is -2.32. The van der Waals surface area contributed by atoms with Gasteiger partial charge in [0, 0.05) is 29.6 Å². The third-order valence-electron chi connectivity index (χ3n) is 5.09. The Bertz CT molecular complexity index is 812. The van der Waals surface area contributed by atoms with Crippen LogP contribution in [0.2, 0.25) is 0 Å². The molecule has 3 atom stereocenters. The molecule has 26 heavy (non-hydrogen) atoms. The lowest BCUT2D eigenvalue weighted by atomic mass is 9.94. The second kappa shape index (κ2) is 7.19. The predicted molar refractivity (Wildman–Crippen MR) is 105 cm³/mol. The number of methoxy groups -OCH3 is 2. The van der Waals surface area contributed by atoms with Gasteiger partial charge in [-0.3, -0.25) is 9.98 Å². The van der Waals surface area contributed by atoms with E-state index in [0.29, 0.717) is 6.04 Å². The number of fused-ring (bicyclic) bond motifs is 1. The number of aliphatic imine (C=N–C) groups is 1. The maximum atomic E-state index is 5.72. The second-order valence-electron chi connectivity index (χ2n) is 6.44. The van der Waals surface area contributed by atoms with E-state index in [1.54, 1.807) is 14.2 Å². The Hall–Kier alpha value is -2.21. The van der Waals surface area contributed by atoms with Crippen LogP contribution in [-0.2, 0) is 0 Å². The maximum absolute atomic E-state index is 5.72. The van der Waals surface area contributed by atoms with Crippen LogP contribution in [-0.4, -0.2) is 41.1 Å². The van der Waals surface area contributed by atoms with Gasteiger partial charge in [0.15, 0.2) is 5.17 Å². The first-order valence-corrected chi connectivity index (χ1v) is 9.87. The van der Waals surface area contributed by atoms with E-state index >= 15 is 0 Å². The summed E-state index contributed by atoms with van der Waals surface area (Å²) in [6, 6.07) is 12.6. The number of pyridine rings is 1. The molecule has 4 rings (SSSR count). The van der Waals surface area contributed by atoms with Crippen molar-refractivity contribution >= 4 is 16.9 Å². The third-order valence-corrected chi connectivity index (χ3v) is 6.21. The Labute approximate surface area is 158 Å². The fraction of sp³-hybridized carbons (Fsp3) is 0.400. The number of rotatable bonds is 5. The molecule has 2 aliphatic heterocycles. The van der Waals surface area contributed by atoms with Gasteiger partial charge in [-0.2, -0.15) is 0 Å². The van der Waals surface area contributed by atoms with Gasteiger partial charge in [0.05, 0.1) is 26.0 Å². The number of benzene rings is 1. The molecule has 0 N–H and O–H groups in total. The molecular weight excluding hydrogens is 346 g/mol. The predicted octanol–water partition coefficient (Wildman–Crippen LogP) is 4.08. The van der Waals surface area contributed by atoms with Crippen molar-refractivity contribution in [2.75, 3.05) is 20.0 Å². The van der Waals surface area contributed by atoms with Crippen molar-refractivity contribution in [1.29, 1.82) is 0 Å². The van der Waals surface area contributed by atoms with E-state index in [-0.39, 0.29) is 12.1 Å². The molecule has 0 aliphatic carbocycles. The first-order chi connectivity index (χ1) is 12.8. The van der Waals surface area contributed by atoms with E-state index in [2.05, 4.69) is 28.9 Å². The quantitative estimate of drug-likeness (QED) is 0.795. The van der Waals surface area contributed by atoms with Crippen LogP contribution >= 0.6 is 11.8 Å². The second-order valence-corrected chi connectivity index (χ2v) is 7.43. The molecular formula is C20H23N3O2S. The molecule has 0 radical (unpaired) electrons. The summed E-state index contributed by atoms with van der Waals surface area (Å²) in [6.45, 7) is 2.24. The number of amidine groups is 1. The number of thioether (sulfide) groups is 1. The van der Waals surface area contributed by atoms with Gasteiger partial charge in [-0.25, -0.2) is 0 Å². The molecule has 0 unspecified atom stereocenters. The summed E-state index contributed by atoms with van der Waals surface area (Å²) in [5.74, 6) is 2.71. The summed E-state index contributed by atoms with van der Waals surface area (Å²) in [4.78, 5) is 12.1. The van der Waals surface area contributed by atoms with E-state index in [1.165, 1.54) is 0 Å². The lowest BCUT2D eigenvalue weighted by Crippen LogP contribution is -2.35. The Morgan fingerprint density at radius 1 is 1.19 bits per heavy atom. The summed E-state index contributed by atoms with van der Waals surface area (Å²) in [6.07, 6.45) is 2.93. The zero-order valence-corrected chi connectivity index (χ0v) is 16.1. The highest BCUT2D eigenvalue weighted by molar-refractivity contribution is 8.14. The molecule has 0 saturated carbocycles. The molecule has 2 aliphatic rings. The van der Waals surface area contributed by atoms with E-state index in [4.69, 9.17) is 14.5 Å². The molecule has 5 nitrogen and oxygen atoms in total.